The Kier molecular flexibility index (Phi) is 145. The third-order valence-corrected chi connectivity index (χ3v) is 0. The third-order valence-electron chi connectivity index (χ3n) is 0. The van der Waals surface area contributed by atoms with Gasteiger partial charge in [0.15, 0.2) is 0 Å². The van der Waals surface area contributed by atoms with Gasteiger partial charge in [0, 0.05) is 27.3 Å². The van der Waals surface area contributed by atoms with Crippen molar-refractivity contribution in [3.8, 4) is 0 Å². The van der Waals surface area contributed by atoms with Crippen molar-refractivity contribution in [3.05, 3.63) is 0 Å². The van der Waals surface area contributed by atoms with Gasteiger partial charge in [-0.3, -0.25) is 0 Å². The van der Waals surface area contributed by atoms with Gasteiger partial charge >= 0.3 is 27.3 Å². The molecule has 0 saturated heterocycles. The standard InChI is InChI=1S/2Cd.2ClH/h;;2*1H/q;+2;;/p-2. The predicted molar refractivity (Wildman–Crippen MR) is 0 cm³/mol. The van der Waals surface area contributed by atoms with Gasteiger partial charge in [0.25, 0.3) is 0 Å². The average molecular weight is 296 g/mol. The zero-order chi connectivity index (χ0) is 0. The maximum atomic E-state index is 0. The van der Waals surface area contributed by atoms with E-state index in [0.717, 1.165) is 0 Å². The van der Waals surface area contributed by atoms with E-state index in [2.05, 4.69) is 0 Å². The Hall–Kier alpha value is 2.42. The molecule has 0 rings (SSSR count). The van der Waals surface area contributed by atoms with E-state index in [-0.39, 0.29) is 79.4 Å². The summed E-state index contributed by atoms with van der Waals surface area (Å²) < 4.78 is 0. The van der Waals surface area contributed by atoms with Crippen molar-refractivity contribution in [2.24, 2.45) is 0 Å². The molecule has 4 heavy (non-hydrogen) atoms. The van der Waals surface area contributed by atoms with E-state index in [1.165, 1.54) is 0 Å². The molecule has 0 aliphatic rings. The molecule has 0 aromatic heterocycles. The van der Waals surface area contributed by atoms with E-state index in [0.29, 0.717) is 0 Å². The molecule has 0 atom stereocenters. The zero-order valence-corrected chi connectivity index (χ0v) is 11.8. The minimum Gasteiger partial charge on any atom is -1.00 e. The second kappa shape index (κ2) is 18.1. The molecule has 18 valence electrons. The molecule has 0 N–H and O–H groups in total. The van der Waals surface area contributed by atoms with Crippen LogP contribution in [0.15, 0.2) is 0 Å². The Morgan fingerprint density at radius 2 is 0.750 bits per heavy atom. The summed E-state index contributed by atoms with van der Waals surface area (Å²) in [5.74, 6) is 0. The van der Waals surface area contributed by atoms with Gasteiger partial charge in [-0.2, -0.15) is 0 Å². The van der Waals surface area contributed by atoms with Gasteiger partial charge in [-0.05, 0) is 0 Å². The second-order valence-corrected chi connectivity index (χ2v) is 0. The number of rotatable bonds is 0. The average Bonchev–Trinajstić information content (AvgIpc) is 0. The number of hydrogen-bond acceptors (Lipinski definition) is 0. The van der Waals surface area contributed by atoms with Crippen molar-refractivity contribution in [1.29, 1.82) is 0 Å². The van der Waals surface area contributed by atoms with Crippen molar-refractivity contribution in [3.63, 3.8) is 0 Å². The first kappa shape index (κ1) is 32.2. The minimum absolute atomic E-state index is 0. The molecule has 0 nitrogen and oxygen atoms in total. The van der Waals surface area contributed by atoms with Gasteiger partial charge in [0.1, 0.15) is 0 Å². The molecule has 0 fully saturated rings. The van der Waals surface area contributed by atoms with Crippen LogP contribution in [0.5, 0.6) is 0 Å². The molecular formula is Cd2Cl2. The zero-order valence-electron chi connectivity index (χ0n) is 2.17. The fourth-order valence-electron chi connectivity index (χ4n) is 0. The van der Waals surface area contributed by atoms with Gasteiger partial charge in [0.05, 0.1) is 0 Å². The van der Waals surface area contributed by atoms with Crippen LogP contribution < -0.4 is 24.8 Å². The molecular weight excluding hydrogens is 296 g/mol. The van der Waals surface area contributed by atoms with Crippen LogP contribution in [-0.2, 0) is 54.6 Å². The van der Waals surface area contributed by atoms with Gasteiger partial charge in [-0.25, -0.2) is 0 Å². The van der Waals surface area contributed by atoms with E-state index >= 15 is 0 Å². The van der Waals surface area contributed by atoms with Crippen LogP contribution >= 0.6 is 0 Å². The summed E-state index contributed by atoms with van der Waals surface area (Å²) in [5, 5.41) is 0. The Bertz CT molecular complexity index is 4.00. The molecule has 0 heterocycles. The van der Waals surface area contributed by atoms with E-state index in [1.807, 2.05) is 0 Å². The molecule has 4 heteroatoms. The van der Waals surface area contributed by atoms with Crippen LogP contribution in [0.4, 0.5) is 0 Å². The summed E-state index contributed by atoms with van der Waals surface area (Å²) in [6, 6.07) is 0. The Balaban J connectivity index is 0. The Labute approximate surface area is 78.2 Å². The summed E-state index contributed by atoms with van der Waals surface area (Å²) in [6.45, 7) is 0. The monoisotopic (exact) mass is 298 g/mol. The van der Waals surface area contributed by atoms with Crippen LogP contribution in [0.2, 0.25) is 0 Å². The van der Waals surface area contributed by atoms with Gasteiger partial charge < -0.3 is 24.8 Å². The van der Waals surface area contributed by atoms with Crippen LogP contribution in [0.3, 0.4) is 0 Å². The molecule has 0 aromatic rings. The topological polar surface area (TPSA) is 0 Å². The van der Waals surface area contributed by atoms with Gasteiger partial charge in [-0.15, -0.1) is 0 Å². The summed E-state index contributed by atoms with van der Waals surface area (Å²) in [4.78, 5) is 0. The normalized spacial score (nSPS) is 0. The van der Waals surface area contributed by atoms with E-state index < -0.39 is 0 Å². The van der Waals surface area contributed by atoms with Crippen molar-refractivity contribution < 1.29 is 79.4 Å². The fraction of sp³-hybridized carbons (Fsp3) is 0. The van der Waals surface area contributed by atoms with Crippen LogP contribution in [0, 0.1) is 0 Å². The molecule has 0 radical (unpaired) electrons. The van der Waals surface area contributed by atoms with Gasteiger partial charge in [-0.1, -0.05) is 0 Å². The molecule has 0 saturated carbocycles. The minimum atomic E-state index is 0. The smallest absolute Gasteiger partial charge is 1.00 e. The molecule has 0 aliphatic heterocycles. The van der Waals surface area contributed by atoms with Crippen molar-refractivity contribution in [2.45, 2.75) is 0 Å². The molecule has 0 aliphatic carbocycles. The van der Waals surface area contributed by atoms with Crippen molar-refractivity contribution >= 4 is 0 Å². The first-order chi connectivity index (χ1) is 0. The van der Waals surface area contributed by atoms with Crippen molar-refractivity contribution in [2.75, 3.05) is 0 Å². The molecule has 0 aromatic carbocycles. The Morgan fingerprint density at radius 1 is 0.750 bits per heavy atom. The molecule has 0 amide bonds. The number of halogens is 2. The largest absolute Gasteiger partial charge is 2.00 e. The summed E-state index contributed by atoms with van der Waals surface area (Å²) >= 11 is 0. The second-order valence-electron chi connectivity index (χ2n) is 0. The summed E-state index contributed by atoms with van der Waals surface area (Å²) in [6.07, 6.45) is 0. The predicted octanol–water partition coefficient (Wildman–Crippen LogP) is -6.00. The SMILES string of the molecule is [Cd+2].[Cd].[Cl-].[Cl-]. The molecule has 0 bridgehead atoms. The van der Waals surface area contributed by atoms with Crippen LogP contribution in [-0.4, -0.2) is 0 Å². The summed E-state index contributed by atoms with van der Waals surface area (Å²) in [7, 11) is 0. The first-order valence-electron chi connectivity index (χ1n) is 0. The van der Waals surface area contributed by atoms with Crippen LogP contribution in [0.1, 0.15) is 0 Å². The molecule has 0 unspecified atom stereocenters. The first-order valence-corrected chi connectivity index (χ1v) is 0. The van der Waals surface area contributed by atoms with Crippen molar-refractivity contribution in [1.82, 2.24) is 0 Å². The van der Waals surface area contributed by atoms with E-state index in [4.69, 9.17) is 0 Å². The Morgan fingerprint density at radius 3 is 0.750 bits per heavy atom. The maximum absolute atomic E-state index is 0. The quantitative estimate of drug-likeness (QED) is 0.391. The van der Waals surface area contributed by atoms with E-state index in [9.17, 15) is 0 Å². The molecule has 0 spiro atoms. The number of hydrogen-bond donors (Lipinski definition) is 0. The summed E-state index contributed by atoms with van der Waals surface area (Å²) in [5.41, 5.74) is 0. The van der Waals surface area contributed by atoms with Gasteiger partial charge in [0.2, 0.25) is 0 Å². The fourth-order valence-corrected chi connectivity index (χ4v) is 0. The van der Waals surface area contributed by atoms with E-state index in [1.54, 1.807) is 0 Å². The van der Waals surface area contributed by atoms with Crippen LogP contribution in [0.25, 0.3) is 0 Å². The third kappa shape index (κ3) is 8.83. The maximum Gasteiger partial charge on any atom is 2.00 e.